The minimum atomic E-state index is -2.85. The molecule has 1 aromatic carbocycles. The fourth-order valence-electron chi connectivity index (χ4n) is 3.19. The molecule has 4 rings (SSSR count). The molecule has 0 unspecified atom stereocenters. The summed E-state index contributed by atoms with van der Waals surface area (Å²) in [5.41, 5.74) is 8.61. The van der Waals surface area contributed by atoms with E-state index >= 15 is 0 Å². The third kappa shape index (κ3) is 3.68. The largest absolute Gasteiger partial charge is 0.435 e. The zero-order chi connectivity index (χ0) is 19.0. The standard InChI is InChI=1S/C18H20F2N6O/c1-18(21)6-8-26(9-7-18)13-10-22-15-14(24-25-16(15)23-13)11-2-4-12(5-3-11)27-17(19)20/h2-5,10,17H,6-9,21H2,1H3,(H,23,24,25). The Morgan fingerprint density at radius 2 is 1.93 bits per heavy atom. The summed E-state index contributed by atoms with van der Waals surface area (Å²) in [6.07, 6.45) is 3.52. The monoisotopic (exact) mass is 374 g/mol. The number of nitrogens with zero attached hydrogens (tertiary/aromatic N) is 4. The zero-order valence-corrected chi connectivity index (χ0v) is 14.8. The van der Waals surface area contributed by atoms with Crippen LogP contribution in [0.5, 0.6) is 5.75 Å². The summed E-state index contributed by atoms with van der Waals surface area (Å²) in [5.74, 6) is 0.882. The first-order valence-corrected chi connectivity index (χ1v) is 8.71. The Morgan fingerprint density at radius 1 is 1.22 bits per heavy atom. The predicted octanol–water partition coefficient (Wildman–Crippen LogP) is 2.94. The maximum Gasteiger partial charge on any atom is 0.387 e. The Morgan fingerprint density at radius 3 is 2.59 bits per heavy atom. The fraction of sp³-hybridized carbons (Fsp3) is 0.389. The van der Waals surface area contributed by atoms with E-state index in [4.69, 9.17) is 5.73 Å². The molecule has 0 atom stereocenters. The number of hydrogen-bond acceptors (Lipinski definition) is 6. The Hall–Kier alpha value is -2.81. The summed E-state index contributed by atoms with van der Waals surface area (Å²) in [5, 5.41) is 7.19. The van der Waals surface area contributed by atoms with Gasteiger partial charge in [-0.05, 0) is 44.0 Å². The Balaban J connectivity index is 1.58. The Bertz CT molecular complexity index is 931. The zero-order valence-electron chi connectivity index (χ0n) is 14.8. The van der Waals surface area contributed by atoms with Crippen LogP contribution in [0.4, 0.5) is 14.6 Å². The number of aromatic nitrogens is 4. The van der Waals surface area contributed by atoms with E-state index in [1.807, 2.05) is 0 Å². The number of benzene rings is 1. The van der Waals surface area contributed by atoms with Crippen molar-refractivity contribution in [1.82, 2.24) is 20.2 Å². The topological polar surface area (TPSA) is 93.0 Å². The summed E-state index contributed by atoms with van der Waals surface area (Å²) in [6.45, 7) is 0.885. The first-order chi connectivity index (χ1) is 12.9. The molecule has 1 fully saturated rings. The molecule has 9 heteroatoms. The van der Waals surface area contributed by atoms with Gasteiger partial charge in [0.15, 0.2) is 5.65 Å². The van der Waals surface area contributed by atoms with Gasteiger partial charge >= 0.3 is 6.61 Å². The second-order valence-electron chi connectivity index (χ2n) is 7.04. The number of aromatic amines is 1. The number of piperidine rings is 1. The van der Waals surface area contributed by atoms with Crippen molar-refractivity contribution in [3.05, 3.63) is 30.5 Å². The number of fused-ring (bicyclic) bond motifs is 1. The molecule has 1 aliphatic rings. The van der Waals surface area contributed by atoms with Gasteiger partial charge in [-0.2, -0.15) is 13.9 Å². The molecular weight excluding hydrogens is 354 g/mol. The van der Waals surface area contributed by atoms with E-state index in [2.05, 4.69) is 36.7 Å². The molecule has 0 aliphatic carbocycles. The SMILES string of the molecule is CC1(N)CCN(c2cnc3c(-c4ccc(OC(F)F)cc4)n[nH]c3n2)CC1. The van der Waals surface area contributed by atoms with E-state index in [0.29, 0.717) is 16.9 Å². The lowest BCUT2D eigenvalue weighted by molar-refractivity contribution is -0.0498. The molecule has 0 saturated carbocycles. The highest BCUT2D eigenvalue weighted by atomic mass is 19.3. The van der Waals surface area contributed by atoms with Crippen LogP contribution in [0, 0.1) is 0 Å². The Kier molecular flexibility index (Phi) is 4.39. The lowest BCUT2D eigenvalue weighted by Crippen LogP contribution is -2.48. The minimum Gasteiger partial charge on any atom is -0.435 e. The van der Waals surface area contributed by atoms with Gasteiger partial charge in [-0.25, -0.2) is 9.97 Å². The Labute approximate surface area is 154 Å². The van der Waals surface area contributed by atoms with Crippen LogP contribution >= 0.6 is 0 Å². The summed E-state index contributed by atoms with van der Waals surface area (Å²) in [4.78, 5) is 11.3. The summed E-state index contributed by atoms with van der Waals surface area (Å²) in [6, 6.07) is 6.27. The molecule has 142 valence electrons. The smallest absolute Gasteiger partial charge is 0.387 e. The van der Waals surface area contributed by atoms with E-state index in [1.54, 1.807) is 18.3 Å². The van der Waals surface area contributed by atoms with Crippen molar-refractivity contribution in [3.63, 3.8) is 0 Å². The van der Waals surface area contributed by atoms with Crippen molar-refractivity contribution in [1.29, 1.82) is 0 Å². The van der Waals surface area contributed by atoms with Crippen molar-refractivity contribution in [2.45, 2.75) is 31.9 Å². The van der Waals surface area contributed by atoms with Crippen LogP contribution in [-0.4, -0.2) is 45.4 Å². The average molecular weight is 374 g/mol. The number of ether oxygens (including phenoxy) is 1. The first kappa shape index (κ1) is 17.6. The van der Waals surface area contributed by atoms with Crippen LogP contribution in [-0.2, 0) is 0 Å². The van der Waals surface area contributed by atoms with Crippen molar-refractivity contribution < 1.29 is 13.5 Å². The number of anilines is 1. The van der Waals surface area contributed by atoms with E-state index < -0.39 is 6.61 Å². The third-order valence-electron chi connectivity index (χ3n) is 4.84. The molecule has 3 N–H and O–H groups in total. The van der Waals surface area contributed by atoms with Gasteiger partial charge in [0.25, 0.3) is 0 Å². The number of halogens is 2. The molecule has 0 spiro atoms. The van der Waals surface area contributed by atoms with Gasteiger partial charge in [-0.15, -0.1) is 0 Å². The number of H-pyrrole nitrogens is 1. The van der Waals surface area contributed by atoms with Gasteiger partial charge in [0.05, 0.1) is 6.20 Å². The van der Waals surface area contributed by atoms with Crippen LogP contribution in [0.1, 0.15) is 19.8 Å². The molecular formula is C18H20F2N6O. The summed E-state index contributed by atoms with van der Waals surface area (Å²) >= 11 is 0. The number of rotatable bonds is 4. The second-order valence-corrected chi connectivity index (χ2v) is 7.04. The van der Waals surface area contributed by atoms with Crippen LogP contribution in [0.3, 0.4) is 0 Å². The van der Waals surface area contributed by atoms with Crippen LogP contribution in [0.2, 0.25) is 0 Å². The summed E-state index contributed by atoms with van der Waals surface area (Å²) in [7, 11) is 0. The number of alkyl halides is 2. The van der Waals surface area contributed by atoms with Gasteiger partial charge in [-0.1, -0.05) is 0 Å². The van der Waals surface area contributed by atoms with E-state index in [0.717, 1.165) is 37.3 Å². The lowest BCUT2D eigenvalue weighted by Gasteiger charge is -2.37. The van der Waals surface area contributed by atoms with Crippen molar-refractivity contribution in [3.8, 4) is 17.0 Å². The molecule has 0 amide bonds. The highest BCUT2D eigenvalue weighted by molar-refractivity contribution is 5.87. The lowest BCUT2D eigenvalue weighted by atomic mass is 9.91. The predicted molar refractivity (Wildman–Crippen MR) is 97.8 cm³/mol. The molecule has 2 aromatic heterocycles. The molecule has 1 aliphatic heterocycles. The van der Waals surface area contributed by atoms with E-state index in [9.17, 15) is 8.78 Å². The normalized spacial score (nSPS) is 16.9. The van der Waals surface area contributed by atoms with Crippen LogP contribution in [0.25, 0.3) is 22.4 Å². The molecule has 7 nitrogen and oxygen atoms in total. The quantitative estimate of drug-likeness (QED) is 0.729. The molecule has 3 aromatic rings. The number of nitrogens with one attached hydrogen (secondary N) is 1. The third-order valence-corrected chi connectivity index (χ3v) is 4.84. The van der Waals surface area contributed by atoms with E-state index in [-0.39, 0.29) is 11.3 Å². The fourth-order valence-corrected chi connectivity index (χ4v) is 3.19. The first-order valence-electron chi connectivity index (χ1n) is 8.71. The van der Waals surface area contributed by atoms with Gasteiger partial charge in [-0.3, -0.25) is 5.10 Å². The van der Waals surface area contributed by atoms with Crippen molar-refractivity contribution in [2.24, 2.45) is 5.73 Å². The molecule has 0 bridgehead atoms. The second kappa shape index (κ2) is 6.73. The van der Waals surface area contributed by atoms with Gasteiger partial charge in [0, 0.05) is 24.2 Å². The molecule has 27 heavy (non-hydrogen) atoms. The number of hydrogen-bond donors (Lipinski definition) is 2. The average Bonchev–Trinajstić information content (AvgIpc) is 3.05. The molecule has 1 saturated heterocycles. The summed E-state index contributed by atoms with van der Waals surface area (Å²) < 4.78 is 28.9. The molecule has 0 radical (unpaired) electrons. The minimum absolute atomic E-state index is 0.0963. The van der Waals surface area contributed by atoms with Gasteiger partial charge < -0.3 is 15.4 Å². The van der Waals surface area contributed by atoms with Crippen molar-refractivity contribution in [2.75, 3.05) is 18.0 Å². The maximum absolute atomic E-state index is 12.3. The highest BCUT2D eigenvalue weighted by Gasteiger charge is 2.27. The van der Waals surface area contributed by atoms with Gasteiger partial charge in [0.2, 0.25) is 0 Å². The van der Waals surface area contributed by atoms with Crippen LogP contribution in [0.15, 0.2) is 30.5 Å². The van der Waals surface area contributed by atoms with Gasteiger partial charge in [0.1, 0.15) is 22.8 Å². The van der Waals surface area contributed by atoms with Crippen LogP contribution < -0.4 is 15.4 Å². The number of nitrogens with two attached hydrogens (primary N) is 1. The highest BCUT2D eigenvalue weighted by Crippen LogP contribution is 2.28. The molecule has 3 heterocycles. The van der Waals surface area contributed by atoms with E-state index in [1.165, 1.54) is 12.1 Å². The van der Waals surface area contributed by atoms with Crippen molar-refractivity contribution >= 4 is 17.0 Å². The maximum atomic E-state index is 12.3.